The quantitative estimate of drug-likeness (QED) is 0.908. The predicted octanol–water partition coefficient (Wildman–Crippen LogP) is 3.20. The van der Waals surface area contributed by atoms with Crippen molar-refractivity contribution in [3.63, 3.8) is 0 Å². The lowest BCUT2D eigenvalue weighted by atomic mass is 9.62. The maximum absolute atomic E-state index is 14.1. The summed E-state index contributed by atoms with van der Waals surface area (Å²) in [7, 11) is -1.43. The molecule has 1 aromatic heterocycles. The fourth-order valence-electron chi connectivity index (χ4n) is 2.79. The molecule has 0 spiro atoms. The van der Waals surface area contributed by atoms with Crippen LogP contribution >= 0.6 is 15.9 Å². The molecule has 2 rings (SSSR count). The molecular formula is C13H18BrFN2OS. The number of pyridine rings is 1. The summed E-state index contributed by atoms with van der Waals surface area (Å²) in [6.07, 6.45) is 5.00. The largest absolute Gasteiger partial charge is 0.256 e. The smallest absolute Gasteiger partial charge is 0.146 e. The Morgan fingerprint density at radius 2 is 2.21 bits per heavy atom. The van der Waals surface area contributed by atoms with Crippen molar-refractivity contribution in [2.45, 2.75) is 49.7 Å². The molecule has 3 nitrogen and oxygen atoms in total. The average Bonchev–Trinajstić information content (AvgIpc) is 2.24. The Morgan fingerprint density at radius 1 is 1.58 bits per heavy atom. The van der Waals surface area contributed by atoms with Crippen molar-refractivity contribution in [2.24, 2.45) is 5.14 Å². The van der Waals surface area contributed by atoms with Crippen LogP contribution in [0, 0.1) is 5.82 Å². The molecule has 106 valence electrons. The molecule has 1 unspecified atom stereocenters. The number of nitrogens with two attached hydrogens (primary N) is 1. The number of hydrogen-bond donors (Lipinski definition) is 1. The molecule has 1 heterocycles. The molecule has 6 heteroatoms. The summed E-state index contributed by atoms with van der Waals surface area (Å²) in [5, 5.41) is 5.55. The first kappa shape index (κ1) is 15.1. The second kappa shape index (κ2) is 5.22. The molecule has 2 N–H and O–H groups in total. The van der Waals surface area contributed by atoms with Gasteiger partial charge in [0, 0.05) is 16.1 Å². The molecule has 0 aliphatic heterocycles. The Labute approximate surface area is 123 Å². The van der Waals surface area contributed by atoms with Gasteiger partial charge in [-0.3, -0.25) is 10.1 Å². The fraction of sp³-hybridized carbons (Fsp3) is 0.615. The summed E-state index contributed by atoms with van der Waals surface area (Å²) in [5.74, 6) is -0.298. The minimum Gasteiger partial charge on any atom is -0.256 e. The summed E-state index contributed by atoms with van der Waals surface area (Å²) in [4.78, 5) is 4.25. The van der Waals surface area contributed by atoms with Crippen molar-refractivity contribution < 1.29 is 8.60 Å². The maximum atomic E-state index is 14.1. The molecule has 1 saturated carbocycles. The molecule has 1 atom stereocenters. The zero-order chi connectivity index (χ0) is 14.3. The van der Waals surface area contributed by atoms with Crippen molar-refractivity contribution in [1.82, 2.24) is 4.98 Å². The normalized spacial score (nSPS) is 19.8. The van der Waals surface area contributed by atoms with Crippen molar-refractivity contribution in [2.75, 3.05) is 0 Å². The number of halogens is 2. The van der Waals surface area contributed by atoms with E-state index in [-0.39, 0.29) is 11.2 Å². The van der Waals surface area contributed by atoms with Crippen molar-refractivity contribution >= 4 is 26.9 Å². The summed E-state index contributed by atoms with van der Waals surface area (Å²) in [5.41, 5.74) is 0.170. The molecule has 0 bridgehead atoms. The maximum Gasteiger partial charge on any atom is 0.146 e. The van der Waals surface area contributed by atoms with Gasteiger partial charge in [0.15, 0.2) is 0 Å². The average molecular weight is 349 g/mol. The Balaban J connectivity index is 2.35. The molecule has 0 radical (unpaired) electrons. The molecule has 19 heavy (non-hydrogen) atoms. The van der Waals surface area contributed by atoms with Crippen molar-refractivity contribution in [1.29, 1.82) is 0 Å². The number of hydrogen-bond acceptors (Lipinski definition) is 2. The molecule has 1 aliphatic carbocycles. The fourth-order valence-corrected chi connectivity index (χ4v) is 3.51. The van der Waals surface area contributed by atoms with Crippen LogP contribution in [0.4, 0.5) is 4.39 Å². The third-order valence-electron chi connectivity index (χ3n) is 3.93. The third-order valence-corrected chi connectivity index (χ3v) is 5.60. The Bertz CT molecular complexity index is 517. The first-order valence-electron chi connectivity index (χ1n) is 6.25. The highest BCUT2D eigenvalue weighted by Crippen LogP contribution is 2.49. The second-order valence-electron chi connectivity index (χ2n) is 5.85. The molecule has 1 aliphatic rings. The first-order valence-corrected chi connectivity index (χ1v) is 8.25. The Morgan fingerprint density at radius 3 is 2.63 bits per heavy atom. The SMILES string of the molecule is CC(C)(CC1(c2ncc(Br)cc2F)CCC1)S(N)=O. The summed E-state index contributed by atoms with van der Waals surface area (Å²) in [6, 6.07) is 1.44. The van der Waals surface area contributed by atoms with E-state index < -0.39 is 15.7 Å². The van der Waals surface area contributed by atoms with Gasteiger partial charge in [-0.2, -0.15) is 0 Å². The number of rotatable bonds is 4. The van der Waals surface area contributed by atoms with Crippen LogP contribution < -0.4 is 5.14 Å². The zero-order valence-electron chi connectivity index (χ0n) is 11.1. The lowest BCUT2D eigenvalue weighted by Crippen LogP contribution is -2.45. The van der Waals surface area contributed by atoms with E-state index >= 15 is 0 Å². The highest BCUT2D eigenvalue weighted by molar-refractivity contribution is 9.10. The summed E-state index contributed by atoms with van der Waals surface area (Å²) < 4.78 is 25.9. The van der Waals surface area contributed by atoms with Gasteiger partial charge in [-0.25, -0.2) is 8.60 Å². The van der Waals surface area contributed by atoms with Gasteiger partial charge < -0.3 is 0 Å². The lowest BCUT2D eigenvalue weighted by Gasteiger charge is -2.45. The van der Waals surface area contributed by atoms with Gasteiger partial charge in [0.2, 0.25) is 0 Å². The number of nitrogens with zero attached hydrogens (tertiary/aromatic N) is 1. The van der Waals surface area contributed by atoms with E-state index in [4.69, 9.17) is 5.14 Å². The topological polar surface area (TPSA) is 56.0 Å². The van der Waals surface area contributed by atoms with Crippen LogP contribution in [0.5, 0.6) is 0 Å². The molecular weight excluding hydrogens is 331 g/mol. The van der Waals surface area contributed by atoms with Crippen LogP contribution in [-0.2, 0) is 16.4 Å². The van der Waals surface area contributed by atoms with Crippen molar-refractivity contribution in [3.8, 4) is 0 Å². The van der Waals surface area contributed by atoms with E-state index in [0.717, 1.165) is 19.3 Å². The van der Waals surface area contributed by atoms with Gasteiger partial charge in [0.05, 0.1) is 21.4 Å². The lowest BCUT2D eigenvalue weighted by molar-refractivity contribution is 0.194. The zero-order valence-corrected chi connectivity index (χ0v) is 13.5. The van der Waals surface area contributed by atoms with Crippen LogP contribution in [0.15, 0.2) is 16.7 Å². The highest BCUT2D eigenvalue weighted by Gasteiger charge is 2.46. The van der Waals surface area contributed by atoms with E-state index in [1.165, 1.54) is 6.07 Å². The van der Waals surface area contributed by atoms with E-state index in [2.05, 4.69) is 20.9 Å². The van der Waals surface area contributed by atoms with E-state index in [1.807, 2.05) is 13.8 Å². The third kappa shape index (κ3) is 2.90. The van der Waals surface area contributed by atoms with Crippen LogP contribution in [0.25, 0.3) is 0 Å². The molecule has 1 aromatic rings. The number of aromatic nitrogens is 1. The van der Waals surface area contributed by atoms with Gasteiger partial charge in [-0.1, -0.05) is 6.42 Å². The standard InChI is InChI=1S/C13H18BrFN2OS/c1-12(2,19(16)18)8-13(4-3-5-13)11-10(15)6-9(14)7-17-11/h6-7H,3-5,8,16H2,1-2H3. The predicted molar refractivity (Wildman–Crippen MR) is 78.4 cm³/mol. The van der Waals surface area contributed by atoms with Crippen LogP contribution in [0.1, 0.15) is 45.2 Å². The van der Waals surface area contributed by atoms with Gasteiger partial charge in [0.1, 0.15) is 5.82 Å². The summed E-state index contributed by atoms with van der Waals surface area (Å²) >= 11 is 3.22. The monoisotopic (exact) mass is 348 g/mol. The van der Waals surface area contributed by atoms with Crippen LogP contribution in [-0.4, -0.2) is 13.9 Å². The molecule has 1 fully saturated rings. The van der Waals surface area contributed by atoms with Gasteiger partial charge in [0.25, 0.3) is 0 Å². The Kier molecular flexibility index (Phi) is 4.14. The molecule has 0 aromatic carbocycles. The van der Waals surface area contributed by atoms with E-state index in [1.54, 1.807) is 6.20 Å². The minimum absolute atomic E-state index is 0.298. The summed E-state index contributed by atoms with van der Waals surface area (Å²) in [6.45, 7) is 3.72. The Hall–Kier alpha value is -0.330. The van der Waals surface area contributed by atoms with Gasteiger partial charge >= 0.3 is 0 Å². The van der Waals surface area contributed by atoms with Gasteiger partial charge in [-0.05, 0) is 55.1 Å². The molecule has 0 saturated heterocycles. The van der Waals surface area contributed by atoms with Gasteiger partial charge in [-0.15, -0.1) is 0 Å². The minimum atomic E-state index is -1.43. The van der Waals surface area contributed by atoms with E-state index in [0.29, 0.717) is 16.6 Å². The van der Waals surface area contributed by atoms with Crippen LogP contribution in [0.2, 0.25) is 0 Å². The van der Waals surface area contributed by atoms with Crippen LogP contribution in [0.3, 0.4) is 0 Å². The second-order valence-corrected chi connectivity index (χ2v) is 8.47. The molecule has 0 amide bonds. The highest BCUT2D eigenvalue weighted by atomic mass is 79.9. The van der Waals surface area contributed by atoms with Crippen molar-refractivity contribution in [3.05, 3.63) is 28.2 Å². The van der Waals surface area contributed by atoms with E-state index in [9.17, 15) is 8.60 Å². The first-order chi connectivity index (χ1) is 8.77.